The van der Waals surface area contributed by atoms with E-state index in [1.165, 1.54) is 6.07 Å². The van der Waals surface area contributed by atoms with E-state index in [0.717, 1.165) is 22.4 Å². The van der Waals surface area contributed by atoms with Gasteiger partial charge in [0.1, 0.15) is 5.82 Å². The van der Waals surface area contributed by atoms with Gasteiger partial charge in [0, 0.05) is 11.3 Å². The first-order valence-electron chi connectivity index (χ1n) is 8.08. The molecule has 1 amide bonds. The summed E-state index contributed by atoms with van der Waals surface area (Å²) in [4.78, 5) is 12.1. The molecule has 3 nitrogen and oxygen atoms in total. The smallest absolute Gasteiger partial charge is 0.243 e. The van der Waals surface area contributed by atoms with Gasteiger partial charge in [-0.1, -0.05) is 54.6 Å². The van der Waals surface area contributed by atoms with Gasteiger partial charge in [-0.25, -0.2) is 4.39 Å². The van der Waals surface area contributed by atoms with Gasteiger partial charge in [0.05, 0.1) is 12.2 Å². The lowest BCUT2D eigenvalue weighted by Gasteiger charge is -2.13. The second kappa shape index (κ2) is 7.62. The van der Waals surface area contributed by atoms with E-state index in [9.17, 15) is 9.18 Å². The maximum atomic E-state index is 13.8. The Bertz CT molecular complexity index is 878. The van der Waals surface area contributed by atoms with Crippen molar-refractivity contribution in [1.82, 2.24) is 0 Å². The van der Waals surface area contributed by atoms with Crippen molar-refractivity contribution in [3.05, 3.63) is 84.2 Å². The summed E-state index contributed by atoms with van der Waals surface area (Å²) in [6, 6.07) is 22.4. The van der Waals surface area contributed by atoms with Crippen molar-refractivity contribution in [2.24, 2.45) is 0 Å². The number of para-hydroxylation sites is 1. The predicted octanol–water partition coefficient (Wildman–Crippen LogP) is 4.85. The van der Waals surface area contributed by atoms with Crippen LogP contribution in [0.3, 0.4) is 0 Å². The summed E-state index contributed by atoms with van der Waals surface area (Å²) >= 11 is 0. The second-order valence-electron chi connectivity index (χ2n) is 5.80. The number of benzene rings is 3. The fourth-order valence-corrected chi connectivity index (χ4v) is 2.60. The van der Waals surface area contributed by atoms with Crippen LogP contribution in [0, 0.1) is 12.7 Å². The highest BCUT2D eigenvalue weighted by Crippen LogP contribution is 2.27. The Morgan fingerprint density at radius 2 is 1.64 bits per heavy atom. The predicted molar refractivity (Wildman–Crippen MR) is 100 cm³/mol. The molecule has 0 bridgehead atoms. The van der Waals surface area contributed by atoms with Gasteiger partial charge in [0.25, 0.3) is 0 Å². The minimum absolute atomic E-state index is 0.0527. The minimum atomic E-state index is -0.432. The van der Waals surface area contributed by atoms with Crippen LogP contribution >= 0.6 is 0 Å². The van der Waals surface area contributed by atoms with E-state index in [4.69, 9.17) is 0 Å². The van der Waals surface area contributed by atoms with Gasteiger partial charge in [-0.05, 0) is 36.2 Å². The summed E-state index contributed by atoms with van der Waals surface area (Å²) in [6.45, 7) is 1.86. The number of carbonyl (C=O) groups is 1. The lowest BCUT2D eigenvalue weighted by molar-refractivity contribution is -0.114. The molecule has 0 aliphatic heterocycles. The largest absolute Gasteiger partial charge is 0.376 e. The number of hydrogen-bond acceptors (Lipinski definition) is 2. The highest BCUT2D eigenvalue weighted by atomic mass is 19.1. The molecule has 3 aromatic rings. The van der Waals surface area contributed by atoms with Gasteiger partial charge in [-0.2, -0.15) is 0 Å². The number of nitrogens with one attached hydrogen (secondary N) is 2. The average molecular weight is 334 g/mol. The van der Waals surface area contributed by atoms with Crippen LogP contribution in [0.25, 0.3) is 11.1 Å². The summed E-state index contributed by atoms with van der Waals surface area (Å²) in [7, 11) is 0. The van der Waals surface area contributed by atoms with Crippen LogP contribution < -0.4 is 10.6 Å². The molecule has 0 aromatic heterocycles. The van der Waals surface area contributed by atoms with Crippen molar-refractivity contribution in [1.29, 1.82) is 0 Å². The highest BCUT2D eigenvalue weighted by molar-refractivity contribution is 5.94. The Labute approximate surface area is 146 Å². The molecule has 0 aliphatic rings. The second-order valence-corrected chi connectivity index (χ2v) is 5.80. The van der Waals surface area contributed by atoms with Crippen LogP contribution in [-0.4, -0.2) is 12.5 Å². The van der Waals surface area contributed by atoms with Crippen molar-refractivity contribution in [2.75, 3.05) is 17.2 Å². The molecule has 2 N–H and O–H groups in total. The van der Waals surface area contributed by atoms with E-state index >= 15 is 0 Å². The lowest BCUT2D eigenvalue weighted by atomic mass is 10.0. The van der Waals surface area contributed by atoms with Crippen LogP contribution in [0.4, 0.5) is 15.8 Å². The molecule has 0 saturated heterocycles. The van der Waals surface area contributed by atoms with Crippen LogP contribution in [0.5, 0.6) is 0 Å². The van der Waals surface area contributed by atoms with Gasteiger partial charge >= 0.3 is 0 Å². The highest BCUT2D eigenvalue weighted by Gasteiger charge is 2.09. The minimum Gasteiger partial charge on any atom is -0.376 e. The fourth-order valence-electron chi connectivity index (χ4n) is 2.60. The van der Waals surface area contributed by atoms with Crippen LogP contribution in [0.2, 0.25) is 0 Å². The summed E-state index contributed by atoms with van der Waals surface area (Å²) < 4.78 is 13.8. The SMILES string of the molecule is Cc1ccc(NC(=O)CNc2ccccc2-c2ccccc2)c(F)c1. The van der Waals surface area contributed by atoms with Crippen molar-refractivity contribution < 1.29 is 9.18 Å². The van der Waals surface area contributed by atoms with Crippen LogP contribution in [0.1, 0.15) is 5.56 Å². The molecule has 126 valence electrons. The third-order valence-electron chi connectivity index (χ3n) is 3.85. The number of amides is 1. The molecular formula is C21H19FN2O. The van der Waals surface area contributed by atoms with E-state index in [0.29, 0.717) is 0 Å². The summed E-state index contributed by atoms with van der Waals surface area (Å²) in [5, 5.41) is 5.72. The molecule has 0 spiro atoms. The first-order chi connectivity index (χ1) is 12.1. The number of aryl methyl sites for hydroxylation is 1. The third kappa shape index (κ3) is 4.23. The Morgan fingerprint density at radius 3 is 2.40 bits per heavy atom. The Morgan fingerprint density at radius 1 is 0.920 bits per heavy atom. The summed E-state index contributed by atoms with van der Waals surface area (Å²) in [5.41, 5.74) is 3.93. The lowest BCUT2D eigenvalue weighted by Crippen LogP contribution is -2.22. The zero-order chi connectivity index (χ0) is 17.6. The van der Waals surface area contributed by atoms with Crippen LogP contribution in [0.15, 0.2) is 72.8 Å². The molecule has 3 rings (SSSR count). The molecule has 4 heteroatoms. The maximum absolute atomic E-state index is 13.8. The fraction of sp³-hybridized carbons (Fsp3) is 0.0952. The van der Waals surface area contributed by atoms with E-state index in [2.05, 4.69) is 10.6 Å². The number of rotatable bonds is 5. The molecule has 25 heavy (non-hydrogen) atoms. The summed E-state index contributed by atoms with van der Waals surface area (Å²) in [5.74, 6) is -0.733. The molecule has 0 atom stereocenters. The van der Waals surface area contributed by atoms with Crippen molar-refractivity contribution >= 4 is 17.3 Å². The van der Waals surface area contributed by atoms with Gasteiger partial charge in [0.15, 0.2) is 0 Å². The van der Waals surface area contributed by atoms with Crippen molar-refractivity contribution in [3.63, 3.8) is 0 Å². The van der Waals surface area contributed by atoms with E-state index in [1.54, 1.807) is 19.1 Å². The Kier molecular flexibility index (Phi) is 5.09. The first-order valence-corrected chi connectivity index (χ1v) is 8.08. The first kappa shape index (κ1) is 16.7. The Balaban J connectivity index is 1.69. The van der Waals surface area contributed by atoms with Gasteiger partial charge in [0.2, 0.25) is 5.91 Å². The zero-order valence-corrected chi connectivity index (χ0v) is 13.9. The van der Waals surface area contributed by atoms with E-state index in [1.807, 2.05) is 54.6 Å². The van der Waals surface area contributed by atoms with Crippen molar-refractivity contribution in [3.8, 4) is 11.1 Å². The molecular weight excluding hydrogens is 315 g/mol. The normalized spacial score (nSPS) is 10.3. The molecule has 0 saturated carbocycles. The standard InChI is InChI=1S/C21H19FN2O/c1-15-11-12-20(18(22)13-15)24-21(25)14-23-19-10-6-5-9-17(19)16-7-3-2-4-8-16/h2-13,23H,14H2,1H3,(H,24,25). The monoisotopic (exact) mass is 334 g/mol. The van der Waals surface area contributed by atoms with E-state index in [-0.39, 0.29) is 18.1 Å². The van der Waals surface area contributed by atoms with Gasteiger partial charge in [-0.15, -0.1) is 0 Å². The molecule has 3 aromatic carbocycles. The number of hydrogen-bond donors (Lipinski definition) is 2. The quantitative estimate of drug-likeness (QED) is 0.700. The molecule has 0 aliphatic carbocycles. The molecule has 0 fully saturated rings. The van der Waals surface area contributed by atoms with Gasteiger partial charge in [-0.3, -0.25) is 4.79 Å². The topological polar surface area (TPSA) is 41.1 Å². The third-order valence-corrected chi connectivity index (χ3v) is 3.85. The van der Waals surface area contributed by atoms with Crippen molar-refractivity contribution in [2.45, 2.75) is 6.92 Å². The number of halogens is 1. The molecule has 0 radical (unpaired) electrons. The zero-order valence-electron chi connectivity index (χ0n) is 13.9. The van der Waals surface area contributed by atoms with Gasteiger partial charge < -0.3 is 10.6 Å². The molecule has 0 heterocycles. The maximum Gasteiger partial charge on any atom is 0.243 e. The molecule has 0 unspecified atom stereocenters. The Hall–Kier alpha value is -3.14. The number of anilines is 2. The van der Waals surface area contributed by atoms with Crippen LogP contribution in [-0.2, 0) is 4.79 Å². The van der Waals surface area contributed by atoms with E-state index < -0.39 is 5.82 Å². The number of carbonyl (C=O) groups excluding carboxylic acids is 1. The average Bonchev–Trinajstić information content (AvgIpc) is 2.63. The summed E-state index contributed by atoms with van der Waals surface area (Å²) in [6.07, 6.45) is 0.